The molecule has 0 N–H and O–H groups in total. The topological polar surface area (TPSA) is 85.4 Å². The van der Waals surface area contributed by atoms with Gasteiger partial charge in [-0.05, 0) is 50.8 Å². The number of carbonyl (C=O) groups is 3. The molecule has 0 aromatic heterocycles. The number of ether oxygens (including phenoxy) is 3. The molecule has 0 radical (unpaired) electrons. The maximum Gasteiger partial charge on any atom is 0.302 e. The Balaban J connectivity index is 0.00000194. The van der Waals surface area contributed by atoms with Crippen LogP contribution in [0, 0.1) is 0 Å². The van der Waals surface area contributed by atoms with E-state index >= 15 is 0 Å². The summed E-state index contributed by atoms with van der Waals surface area (Å²) in [5, 5.41) is -0.243. The van der Waals surface area contributed by atoms with Gasteiger partial charge in [-0.3, -0.25) is 14.4 Å². The second-order valence-corrected chi connectivity index (χ2v) is 9.16. The van der Waals surface area contributed by atoms with E-state index in [0.29, 0.717) is 24.3 Å². The van der Waals surface area contributed by atoms with Crippen LogP contribution < -0.4 is 9.64 Å². The fraction of sp³-hybridized carbons (Fsp3) is 0.423. The summed E-state index contributed by atoms with van der Waals surface area (Å²) in [5.41, 5.74) is 2.07. The highest BCUT2D eigenvalue weighted by Gasteiger charge is 2.25. The molecule has 0 aliphatic rings. The summed E-state index contributed by atoms with van der Waals surface area (Å²) >= 11 is 1.48. The number of rotatable bonds is 12. The first-order chi connectivity index (χ1) is 16.7. The van der Waals surface area contributed by atoms with Gasteiger partial charge in [0.1, 0.15) is 18.1 Å². The summed E-state index contributed by atoms with van der Waals surface area (Å²) in [7, 11) is 8.72. The van der Waals surface area contributed by atoms with Crippen molar-refractivity contribution in [3.63, 3.8) is 0 Å². The highest BCUT2D eigenvalue weighted by molar-refractivity contribution is 7.99. The van der Waals surface area contributed by atoms with Crippen molar-refractivity contribution < 1.29 is 28.6 Å². The van der Waals surface area contributed by atoms with Crippen LogP contribution in [-0.4, -0.2) is 78.2 Å². The number of methoxy groups -OCH3 is 2. The monoisotopic (exact) mass is 504 g/mol. The van der Waals surface area contributed by atoms with Crippen molar-refractivity contribution in [1.29, 1.82) is 0 Å². The van der Waals surface area contributed by atoms with E-state index in [0.717, 1.165) is 28.9 Å². The number of benzene rings is 2. The Bertz CT molecular complexity index is 936. The van der Waals surface area contributed by atoms with Gasteiger partial charge in [0.2, 0.25) is 6.41 Å². The molecule has 8 nitrogen and oxygen atoms in total. The number of nitrogens with zero attached hydrogens (tertiary/aromatic N) is 2. The predicted molar refractivity (Wildman–Crippen MR) is 140 cm³/mol. The standard InChI is InChI=1S/C24H30N2O5S.C2H6O/c1-17(31-18(2)29)24(20-7-9-21(30-5)10-8-20)32-23-11-6-19(15-27)14-22(23)26(16-28)13-12-25(3)4;1-3-2/h6-11,14-17,24H,12-13H2,1-5H3;1-2H3/t17-,24+;/m0./s1. The normalized spacial score (nSPS) is 12.1. The highest BCUT2D eigenvalue weighted by Crippen LogP contribution is 2.43. The van der Waals surface area contributed by atoms with Crippen molar-refractivity contribution in [3.05, 3.63) is 53.6 Å². The van der Waals surface area contributed by atoms with E-state index in [-0.39, 0.29) is 11.2 Å². The molecule has 9 heteroatoms. The number of hydrogen-bond donors (Lipinski definition) is 0. The minimum atomic E-state index is -0.434. The number of anilines is 1. The SMILES string of the molecule is COC.COc1ccc([C@H](Sc2ccc(C=O)cc2N(C=O)CCN(C)C)[C@H](C)OC(C)=O)cc1. The van der Waals surface area contributed by atoms with Gasteiger partial charge in [0, 0.05) is 44.7 Å². The van der Waals surface area contributed by atoms with Crippen LogP contribution >= 0.6 is 11.8 Å². The minimum absolute atomic E-state index is 0.243. The lowest BCUT2D eigenvalue weighted by molar-refractivity contribution is -0.145. The van der Waals surface area contributed by atoms with Crippen molar-refractivity contribution in [2.75, 3.05) is 53.4 Å². The average molecular weight is 505 g/mol. The van der Waals surface area contributed by atoms with Crippen LogP contribution in [0.5, 0.6) is 5.75 Å². The van der Waals surface area contributed by atoms with E-state index in [9.17, 15) is 14.4 Å². The second kappa shape index (κ2) is 15.9. The molecule has 192 valence electrons. The molecular weight excluding hydrogens is 468 g/mol. The van der Waals surface area contributed by atoms with Crippen molar-refractivity contribution in [1.82, 2.24) is 4.90 Å². The van der Waals surface area contributed by atoms with E-state index in [1.54, 1.807) is 38.4 Å². The molecule has 2 aromatic carbocycles. The Morgan fingerprint density at radius 2 is 1.66 bits per heavy atom. The number of thioether (sulfide) groups is 1. The lowest BCUT2D eigenvalue weighted by atomic mass is 10.1. The Labute approximate surface area is 212 Å². The van der Waals surface area contributed by atoms with Gasteiger partial charge in [0.25, 0.3) is 0 Å². The van der Waals surface area contributed by atoms with Gasteiger partial charge in [0.15, 0.2) is 0 Å². The first kappa shape index (κ1) is 30.2. The molecule has 2 atom stereocenters. The molecule has 0 spiro atoms. The zero-order valence-electron chi connectivity index (χ0n) is 21.5. The fourth-order valence-electron chi connectivity index (χ4n) is 3.16. The third-order valence-corrected chi connectivity index (χ3v) is 6.33. The van der Waals surface area contributed by atoms with Crippen molar-refractivity contribution >= 4 is 36.1 Å². The maximum atomic E-state index is 11.9. The summed E-state index contributed by atoms with van der Waals surface area (Å²) in [5.74, 6) is 0.359. The van der Waals surface area contributed by atoms with Gasteiger partial charge >= 0.3 is 5.97 Å². The minimum Gasteiger partial charge on any atom is -0.497 e. The highest BCUT2D eigenvalue weighted by atomic mass is 32.2. The quantitative estimate of drug-likeness (QED) is 0.243. The van der Waals surface area contributed by atoms with Crippen molar-refractivity contribution in [3.8, 4) is 5.75 Å². The van der Waals surface area contributed by atoms with E-state index in [2.05, 4.69) is 4.74 Å². The van der Waals surface area contributed by atoms with Crippen LogP contribution in [0.2, 0.25) is 0 Å². The molecule has 1 amide bonds. The smallest absolute Gasteiger partial charge is 0.302 e. The molecule has 0 saturated heterocycles. The predicted octanol–water partition coefficient (Wildman–Crippen LogP) is 4.08. The first-order valence-corrected chi connectivity index (χ1v) is 11.9. The molecule has 2 aromatic rings. The van der Waals surface area contributed by atoms with Crippen LogP contribution in [0.15, 0.2) is 47.4 Å². The number of aldehydes is 1. The Hall–Kier alpha value is -2.88. The Morgan fingerprint density at radius 1 is 1.03 bits per heavy atom. The summed E-state index contributed by atoms with van der Waals surface area (Å²) in [6, 6.07) is 12.8. The molecule has 0 aliphatic heterocycles. The molecule has 35 heavy (non-hydrogen) atoms. The Kier molecular flexibility index (Phi) is 13.7. The van der Waals surface area contributed by atoms with Crippen molar-refractivity contribution in [2.45, 2.75) is 30.1 Å². The van der Waals surface area contributed by atoms with Crippen LogP contribution in [-0.2, 0) is 19.1 Å². The molecule has 0 fully saturated rings. The number of likely N-dealkylation sites (N-methyl/N-ethyl adjacent to an activating group) is 1. The lowest BCUT2D eigenvalue weighted by Crippen LogP contribution is -2.31. The molecule has 0 saturated carbocycles. The van der Waals surface area contributed by atoms with E-state index in [1.807, 2.05) is 56.3 Å². The maximum absolute atomic E-state index is 11.9. The van der Waals surface area contributed by atoms with Gasteiger partial charge in [-0.15, -0.1) is 11.8 Å². The molecule has 0 heterocycles. The molecular formula is C26H36N2O6S. The first-order valence-electron chi connectivity index (χ1n) is 11.0. The third-order valence-electron chi connectivity index (χ3n) is 4.82. The molecule has 0 aliphatic carbocycles. The van der Waals surface area contributed by atoms with Crippen LogP contribution in [0.25, 0.3) is 0 Å². The van der Waals surface area contributed by atoms with E-state index < -0.39 is 6.10 Å². The lowest BCUT2D eigenvalue weighted by Gasteiger charge is -2.27. The van der Waals surface area contributed by atoms with Crippen LogP contribution in [0.3, 0.4) is 0 Å². The summed E-state index contributed by atoms with van der Waals surface area (Å²) in [6.45, 7) is 4.36. The average Bonchev–Trinajstić information content (AvgIpc) is 2.83. The van der Waals surface area contributed by atoms with Crippen LogP contribution in [0.4, 0.5) is 5.69 Å². The molecule has 0 bridgehead atoms. The van der Waals surface area contributed by atoms with Crippen molar-refractivity contribution in [2.24, 2.45) is 0 Å². The molecule has 0 unspecified atom stereocenters. The van der Waals surface area contributed by atoms with Crippen LogP contribution in [0.1, 0.15) is 35.0 Å². The van der Waals surface area contributed by atoms with Gasteiger partial charge in [-0.25, -0.2) is 0 Å². The fourth-order valence-corrected chi connectivity index (χ4v) is 4.42. The number of hydrogen-bond acceptors (Lipinski definition) is 8. The largest absolute Gasteiger partial charge is 0.497 e. The number of esters is 1. The zero-order valence-corrected chi connectivity index (χ0v) is 22.3. The van der Waals surface area contributed by atoms with Gasteiger partial charge in [0.05, 0.1) is 18.0 Å². The summed E-state index contributed by atoms with van der Waals surface area (Å²) in [6.07, 6.45) is 1.10. The third kappa shape index (κ3) is 10.1. The second-order valence-electron chi connectivity index (χ2n) is 7.98. The van der Waals surface area contributed by atoms with E-state index in [4.69, 9.17) is 9.47 Å². The Morgan fingerprint density at radius 3 is 2.14 bits per heavy atom. The summed E-state index contributed by atoms with van der Waals surface area (Å²) < 4.78 is 15.0. The number of carbonyl (C=O) groups excluding carboxylic acids is 3. The van der Waals surface area contributed by atoms with E-state index in [1.165, 1.54) is 18.7 Å². The van der Waals surface area contributed by atoms with Gasteiger partial charge in [-0.2, -0.15) is 0 Å². The van der Waals surface area contributed by atoms with Gasteiger partial charge in [-0.1, -0.05) is 18.2 Å². The summed E-state index contributed by atoms with van der Waals surface area (Å²) in [4.78, 5) is 39.3. The molecule has 2 rings (SSSR count). The number of amides is 1. The van der Waals surface area contributed by atoms with Gasteiger partial charge < -0.3 is 24.0 Å². The zero-order chi connectivity index (χ0) is 26.4.